The normalized spacial score (nSPS) is 14.2. The first kappa shape index (κ1) is 16.9. The van der Waals surface area contributed by atoms with Crippen LogP contribution in [0.15, 0.2) is 0 Å². The highest BCUT2D eigenvalue weighted by molar-refractivity contribution is 7.91. The van der Waals surface area contributed by atoms with Gasteiger partial charge in [-0.15, -0.1) is 0 Å². The number of hydrogen-bond donors (Lipinski definition) is 1. The lowest BCUT2D eigenvalue weighted by Gasteiger charge is -2.23. The largest absolute Gasteiger partial charge is 0.315 e. The molecule has 0 aromatic rings. The Labute approximate surface area is 107 Å². The summed E-state index contributed by atoms with van der Waals surface area (Å²) in [5.74, 6) is 0.557. The Hall–Kier alpha value is -0.130. The predicted molar refractivity (Wildman–Crippen MR) is 74.2 cm³/mol. The monoisotopic (exact) mass is 264 g/mol. The first-order valence-electron chi connectivity index (χ1n) is 6.54. The first-order chi connectivity index (χ1) is 7.93. The van der Waals surface area contributed by atoms with E-state index in [1.165, 1.54) is 0 Å². The second-order valence-electron chi connectivity index (χ2n) is 4.58. The molecular weight excluding hydrogens is 236 g/mol. The molecule has 0 radical (unpaired) electrons. The lowest BCUT2D eigenvalue weighted by Crippen LogP contribution is -2.35. The average molecular weight is 264 g/mol. The molecule has 0 aromatic heterocycles. The van der Waals surface area contributed by atoms with Crippen molar-refractivity contribution in [1.82, 2.24) is 10.2 Å². The molecule has 0 bridgehead atoms. The van der Waals surface area contributed by atoms with Crippen molar-refractivity contribution in [3.05, 3.63) is 0 Å². The molecule has 0 spiro atoms. The van der Waals surface area contributed by atoms with Crippen molar-refractivity contribution in [2.75, 3.05) is 38.2 Å². The van der Waals surface area contributed by atoms with E-state index in [9.17, 15) is 8.42 Å². The second kappa shape index (κ2) is 8.89. The number of likely N-dealkylation sites (N-methyl/N-ethyl adjacent to an activating group) is 1. The summed E-state index contributed by atoms with van der Waals surface area (Å²) in [6.07, 6.45) is 1.87. The van der Waals surface area contributed by atoms with Crippen molar-refractivity contribution in [1.29, 1.82) is 0 Å². The summed E-state index contributed by atoms with van der Waals surface area (Å²) < 4.78 is 22.5. The summed E-state index contributed by atoms with van der Waals surface area (Å²) in [4.78, 5) is 2.32. The van der Waals surface area contributed by atoms with Crippen LogP contribution in [-0.2, 0) is 9.84 Å². The summed E-state index contributed by atoms with van der Waals surface area (Å²) in [5, 5.41) is 3.29. The van der Waals surface area contributed by atoms with Crippen LogP contribution in [0.1, 0.15) is 33.6 Å². The fourth-order valence-electron chi connectivity index (χ4n) is 1.47. The minimum atomic E-state index is -2.79. The molecule has 0 fully saturated rings. The Balaban J connectivity index is 3.48. The SMILES string of the molecule is CCC(C)N(C)CCNCCCS(=O)(=O)CC. The number of nitrogens with one attached hydrogen (secondary N) is 1. The molecule has 104 valence electrons. The molecule has 0 heterocycles. The zero-order chi connectivity index (χ0) is 13.3. The van der Waals surface area contributed by atoms with Gasteiger partial charge in [-0.3, -0.25) is 0 Å². The molecule has 0 aliphatic rings. The molecule has 5 heteroatoms. The summed E-state index contributed by atoms with van der Waals surface area (Å²) in [6.45, 7) is 8.82. The maximum Gasteiger partial charge on any atom is 0.150 e. The van der Waals surface area contributed by atoms with Gasteiger partial charge < -0.3 is 10.2 Å². The molecular formula is C12H28N2O2S. The highest BCUT2D eigenvalue weighted by atomic mass is 32.2. The van der Waals surface area contributed by atoms with Crippen LogP contribution in [0.5, 0.6) is 0 Å². The third kappa shape index (κ3) is 8.57. The van der Waals surface area contributed by atoms with Crippen molar-refractivity contribution in [2.45, 2.75) is 39.7 Å². The minimum absolute atomic E-state index is 0.254. The van der Waals surface area contributed by atoms with Gasteiger partial charge in [-0.2, -0.15) is 0 Å². The van der Waals surface area contributed by atoms with E-state index in [0.29, 0.717) is 18.2 Å². The Kier molecular flexibility index (Phi) is 8.82. The molecule has 0 aliphatic heterocycles. The number of hydrogen-bond acceptors (Lipinski definition) is 4. The maximum atomic E-state index is 11.2. The van der Waals surface area contributed by atoms with E-state index in [-0.39, 0.29) is 5.75 Å². The summed E-state index contributed by atoms with van der Waals surface area (Å²) in [7, 11) is -0.668. The molecule has 0 rings (SSSR count). The van der Waals surface area contributed by atoms with E-state index in [4.69, 9.17) is 0 Å². The fourth-order valence-corrected chi connectivity index (χ4v) is 2.35. The Morgan fingerprint density at radius 2 is 1.88 bits per heavy atom. The molecule has 0 amide bonds. The van der Waals surface area contributed by atoms with E-state index in [1.807, 2.05) is 0 Å². The van der Waals surface area contributed by atoms with Crippen LogP contribution < -0.4 is 5.32 Å². The van der Waals surface area contributed by atoms with Crippen LogP contribution in [0.3, 0.4) is 0 Å². The van der Waals surface area contributed by atoms with E-state index in [1.54, 1.807) is 6.92 Å². The van der Waals surface area contributed by atoms with Gasteiger partial charge in [0.05, 0.1) is 5.75 Å². The van der Waals surface area contributed by atoms with Gasteiger partial charge >= 0.3 is 0 Å². The van der Waals surface area contributed by atoms with Gasteiger partial charge in [0.25, 0.3) is 0 Å². The van der Waals surface area contributed by atoms with E-state index < -0.39 is 9.84 Å². The van der Waals surface area contributed by atoms with Crippen molar-refractivity contribution in [2.24, 2.45) is 0 Å². The zero-order valence-electron chi connectivity index (χ0n) is 11.7. The third-order valence-corrected chi connectivity index (χ3v) is 5.02. The molecule has 17 heavy (non-hydrogen) atoms. The lowest BCUT2D eigenvalue weighted by atomic mass is 10.2. The maximum absolute atomic E-state index is 11.2. The Morgan fingerprint density at radius 1 is 1.24 bits per heavy atom. The van der Waals surface area contributed by atoms with E-state index in [2.05, 4.69) is 31.1 Å². The summed E-state index contributed by atoms with van der Waals surface area (Å²) in [5.41, 5.74) is 0. The Bertz CT molecular complexity index is 278. The van der Waals surface area contributed by atoms with Crippen LogP contribution in [0, 0.1) is 0 Å². The zero-order valence-corrected chi connectivity index (χ0v) is 12.5. The molecule has 1 atom stereocenters. The van der Waals surface area contributed by atoms with Crippen LogP contribution in [-0.4, -0.2) is 57.5 Å². The van der Waals surface area contributed by atoms with Crippen molar-refractivity contribution < 1.29 is 8.42 Å². The standard InChI is InChI=1S/C12H28N2O2S/c1-5-12(3)14(4)10-9-13-8-7-11-17(15,16)6-2/h12-13H,5-11H2,1-4H3. The van der Waals surface area contributed by atoms with Gasteiger partial charge in [-0.25, -0.2) is 8.42 Å². The van der Waals surface area contributed by atoms with Gasteiger partial charge in [0, 0.05) is 24.9 Å². The van der Waals surface area contributed by atoms with Crippen LogP contribution >= 0.6 is 0 Å². The van der Waals surface area contributed by atoms with E-state index >= 15 is 0 Å². The Morgan fingerprint density at radius 3 is 2.41 bits per heavy atom. The van der Waals surface area contributed by atoms with Crippen molar-refractivity contribution in [3.63, 3.8) is 0 Å². The predicted octanol–water partition coefficient (Wildman–Crippen LogP) is 1.13. The first-order valence-corrected chi connectivity index (χ1v) is 8.36. The summed E-state index contributed by atoms with van der Waals surface area (Å²) >= 11 is 0. The molecule has 4 nitrogen and oxygen atoms in total. The van der Waals surface area contributed by atoms with Crippen molar-refractivity contribution in [3.8, 4) is 0 Å². The summed E-state index contributed by atoms with van der Waals surface area (Å²) in [6, 6.07) is 0.609. The van der Waals surface area contributed by atoms with Crippen LogP contribution in [0.4, 0.5) is 0 Å². The van der Waals surface area contributed by atoms with Gasteiger partial charge in [-0.05, 0) is 33.4 Å². The smallest absolute Gasteiger partial charge is 0.150 e. The highest BCUT2D eigenvalue weighted by Gasteiger charge is 2.07. The van der Waals surface area contributed by atoms with Crippen molar-refractivity contribution >= 4 is 9.84 Å². The quantitative estimate of drug-likeness (QED) is 0.601. The van der Waals surface area contributed by atoms with Crippen LogP contribution in [0.25, 0.3) is 0 Å². The third-order valence-electron chi connectivity index (χ3n) is 3.23. The number of nitrogens with zero attached hydrogens (tertiary/aromatic N) is 1. The van der Waals surface area contributed by atoms with Gasteiger partial charge in [-0.1, -0.05) is 13.8 Å². The van der Waals surface area contributed by atoms with Gasteiger partial charge in [0.1, 0.15) is 9.84 Å². The average Bonchev–Trinajstić information content (AvgIpc) is 2.32. The minimum Gasteiger partial charge on any atom is -0.315 e. The molecule has 0 saturated heterocycles. The van der Waals surface area contributed by atoms with E-state index in [0.717, 1.165) is 26.1 Å². The second-order valence-corrected chi connectivity index (χ2v) is 7.05. The number of sulfone groups is 1. The molecule has 0 aliphatic carbocycles. The molecule has 0 saturated carbocycles. The topological polar surface area (TPSA) is 49.4 Å². The molecule has 1 unspecified atom stereocenters. The fraction of sp³-hybridized carbons (Fsp3) is 1.00. The van der Waals surface area contributed by atoms with Gasteiger partial charge in [0.2, 0.25) is 0 Å². The highest BCUT2D eigenvalue weighted by Crippen LogP contribution is 1.98. The van der Waals surface area contributed by atoms with Crippen LogP contribution in [0.2, 0.25) is 0 Å². The lowest BCUT2D eigenvalue weighted by molar-refractivity contribution is 0.252. The molecule has 0 aromatic carbocycles. The van der Waals surface area contributed by atoms with Gasteiger partial charge in [0.15, 0.2) is 0 Å². The number of rotatable bonds is 10. The molecule has 1 N–H and O–H groups in total.